The smallest absolute Gasteiger partial charge is 0.230 e. The van der Waals surface area contributed by atoms with Crippen molar-refractivity contribution < 1.29 is 8.81 Å². The first-order chi connectivity index (χ1) is 16.2. The molecule has 33 heavy (non-hydrogen) atoms. The summed E-state index contributed by atoms with van der Waals surface area (Å²) in [7, 11) is 0. The number of furan rings is 1. The van der Waals surface area contributed by atoms with Crippen LogP contribution in [-0.4, -0.2) is 32.3 Å². The molecular weight excluding hydrogens is 417 g/mol. The molecule has 0 spiro atoms. The Morgan fingerprint density at radius 3 is 2.58 bits per heavy atom. The quantitative estimate of drug-likeness (QED) is 0.401. The van der Waals surface area contributed by atoms with Gasteiger partial charge in [-0.25, -0.2) is 14.4 Å². The second kappa shape index (κ2) is 7.94. The number of hydrogen-bond acceptors (Lipinski definition) is 5. The monoisotopic (exact) mass is 439 g/mol. The lowest BCUT2D eigenvalue weighted by Crippen LogP contribution is -2.17. The Hall–Kier alpha value is -3.84. The first-order valence-corrected chi connectivity index (χ1v) is 11.0. The second-order valence-electron chi connectivity index (χ2n) is 8.49. The average Bonchev–Trinajstić information content (AvgIpc) is 3.58. The third kappa shape index (κ3) is 3.60. The van der Waals surface area contributed by atoms with E-state index >= 15 is 0 Å². The van der Waals surface area contributed by atoms with Crippen LogP contribution in [0.5, 0.6) is 0 Å². The van der Waals surface area contributed by atoms with Crippen LogP contribution in [0.1, 0.15) is 19.4 Å². The number of rotatable bonds is 4. The van der Waals surface area contributed by atoms with Crippen LogP contribution < -0.4 is 5.32 Å². The van der Waals surface area contributed by atoms with Gasteiger partial charge in [-0.15, -0.1) is 0 Å². The Morgan fingerprint density at radius 2 is 1.82 bits per heavy atom. The zero-order chi connectivity index (χ0) is 22.4. The van der Waals surface area contributed by atoms with Crippen molar-refractivity contribution in [1.82, 2.24) is 25.1 Å². The molecule has 0 unspecified atom stereocenters. The Morgan fingerprint density at radius 1 is 1.00 bits per heavy atom. The van der Waals surface area contributed by atoms with E-state index < -0.39 is 0 Å². The van der Waals surface area contributed by atoms with E-state index in [1.165, 1.54) is 18.5 Å². The van der Waals surface area contributed by atoms with Gasteiger partial charge in [0.05, 0.1) is 17.1 Å². The summed E-state index contributed by atoms with van der Waals surface area (Å²) in [5.41, 5.74) is 4.71. The standard InChI is InChI=1S/C26H22FN5O/c1-16-11-20(13-28-16)32-14-22(24(31-32)18-7-9-19(27)10-8-18)25-21-12-23(17-5-3-2-4-6-17)33-26(21)30-15-29-25/h2-10,12,14-16,20,28H,11,13H2,1H3/t16-,20-/m1/s1. The molecule has 0 amide bonds. The topological polar surface area (TPSA) is 68.8 Å². The van der Waals surface area contributed by atoms with E-state index in [0.717, 1.165) is 52.2 Å². The molecule has 2 aromatic carbocycles. The van der Waals surface area contributed by atoms with Gasteiger partial charge in [-0.2, -0.15) is 5.10 Å². The maximum atomic E-state index is 13.6. The Kier molecular flexibility index (Phi) is 4.77. The number of aromatic nitrogens is 4. The maximum absolute atomic E-state index is 13.6. The third-order valence-corrected chi connectivity index (χ3v) is 6.19. The summed E-state index contributed by atoms with van der Waals surface area (Å²) in [6, 6.07) is 19.0. The minimum Gasteiger partial charge on any atom is -0.438 e. The van der Waals surface area contributed by atoms with Crippen molar-refractivity contribution in [3.8, 4) is 33.8 Å². The van der Waals surface area contributed by atoms with E-state index in [4.69, 9.17) is 9.52 Å². The second-order valence-corrected chi connectivity index (χ2v) is 8.49. The van der Waals surface area contributed by atoms with Crippen molar-refractivity contribution in [2.24, 2.45) is 0 Å². The summed E-state index contributed by atoms with van der Waals surface area (Å²) in [5.74, 6) is 0.456. The zero-order valence-electron chi connectivity index (χ0n) is 18.1. The van der Waals surface area contributed by atoms with Crippen LogP contribution >= 0.6 is 0 Å². The van der Waals surface area contributed by atoms with Gasteiger partial charge in [-0.05, 0) is 43.7 Å². The van der Waals surface area contributed by atoms with Gasteiger partial charge in [0.15, 0.2) is 0 Å². The molecular formula is C26H22FN5O. The molecule has 1 aliphatic rings. The third-order valence-electron chi connectivity index (χ3n) is 6.19. The van der Waals surface area contributed by atoms with Gasteiger partial charge in [-0.3, -0.25) is 4.68 Å². The van der Waals surface area contributed by atoms with Crippen molar-refractivity contribution in [3.05, 3.63) is 79.0 Å². The molecule has 3 aromatic heterocycles. The van der Waals surface area contributed by atoms with Gasteiger partial charge in [0.25, 0.3) is 0 Å². The van der Waals surface area contributed by atoms with Crippen LogP contribution in [0.2, 0.25) is 0 Å². The molecule has 7 heteroatoms. The van der Waals surface area contributed by atoms with Crippen LogP contribution in [0.25, 0.3) is 44.9 Å². The highest BCUT2D eigenvalue weighted by molar-refractivity contribution is 5.95. The van der Waals surface area contributed by atoms with Crippen molar-refractivity contribution in [1.29, 1.82) is 0 Å². The Balaban J connectivity index is 1.52. The minimum atomic E-state index is -0.277. The largest absolute Gasteiger partial charge is 0.438 e. The van der Waals surface area contributed by atoms with Gasteiger partial charge in [0.2, 0.25) is 5.71 Å². The van der Waals surface area contributed by atoms with Crippen LogP contribution in [0.4, 0.5) is 4.39 Å². The highest BCUT2D eigenvalue weighted by Gasteiger charge is 2.26. The molecule has 0 radical (unpaired) electrons. The lowest BCUT2D eigenvalue weighted by molar-refractivity contribution is 0.484. The maximum Gasteiger partial charge on any atom is 0.230 e. The minimum absolute atomic E-state index is 0.245. The lowest BCUT2D eigenvalue weighted by Gasteiger charge is -2.08. The summed E-state index contributed by atoms with van der Waals surface area (Å²) in [6.07, 6.45) is 4.55. The van der Waals surface area contributed by atoms with Crippen LogP contribution in [-0.2, 0) is 0 Å². The summed E-state index contributed by atoms with van der Waals surface area (Å²) in [6.45, 7) is 3.03. The number of halogens is 1. The van der Waals surface area contributed by atoms with Crippen molar-refractivity contribution >= 4 is 11.1 Å². The average molecular weight is 439 g/mol. The molecule has 4 heterocycles. The summed E-state index contributed by atoms with van der Waals surface area (Å²) < 4.78 is 21.7. The van der Waals surface area contributed by atoms with E-state index in [1.54, 1.807) is 12.1 Å². The molecule has 0 aliphatic carbocycles. The molecule has 164 valence electrons. The molecule has 6 nitrogen and oxygen atoms in total. The number of benzene rings is 2. The first-order valence-electron chi connectivity index (χ1n) is 11.0. The number of hydrogen-bond donors (Lipinski definition) is 1. The van der Waals surface area contributed by atoms with Gasteiger partial charge in [0, 0.05) is 35.5 Å². The van der Waals surface area contributed by atoms with E-state index in [2.05, 4.69) is 22.2 Å². The predicted octanol–water partition coefficient (Wildman–Crippen LogP) is 5.48. The van der Waals surface area contributed by atoms with E-state index in [9.17, 15) is 4.39 Å². The number of fused-ring (bicyclic) bond motifs is 1. The highest BCUT2D eigenvalue weighted by Crippen LogP contribution is 2.37. The zero-order valence-corrected chi connectivity index (χ0v) is 18.1. The predicted molar refractivity (Wildman–Crippen MR) is 125 cm³/mol. The lowest BCUT2D eigenvalue weighted by atomic mass is 10.0. The summed E-state index contributed by atoms with van der Waals surface area (Å²) >= 11 is 0. The molecule has 6 rings (SSSR count). The van der Waals surface area contributed by atoms with Crippen LogP contribution in [0, 0.1) is 5.82 Å². The van der Waals surface area contributed by atoms with Crippen molar-refractivity contribution in [3.63, 3.8) is 0 Å². The Labute approximate surface area is 190 Å². The number of nitrogens with zero attached hydrogens (tertiary/aromatic N) is 4. The fourth-order valence-electron chi connectivity index (χ4n) is 4.50. The highest BCUT2D eigenvalue weighted by atomic mass is 19.1. The van der Waals surface area contributed by atoms with E-state index in [0.29, 0.717) is 11.8 Å². The van der Waals surface area contributed by atoms with Gasteiger partial charge >= 0.3 is 0 Å². The Bertz CT molecular complexity index is 1420. The van der Waals surface area contributed by atoms with E-state index in [1.807, 2.05) is 47.3 Å². The van der Waals surface area contributed by atoms with Gasteiger partial charge in [-0.1, -0.05) is 30.3 Å². The van der Waals surface area contributed by atoms with Gasteiger partial charge < -0.3 is 9.73 Å². The summed E-state index contributed by atoms with van der Waals surface area (Å²) in [4.78, 5) is 8.99. The van der Waals surface area contributed by atoms with Crippen LogP contribution in [0.15, 0.2) is 77.6 Å². The molecule has 0 bridgehead atoms. The van der Waals surface area contributed by atoms with E-state index in [-0.39, 0.29) is 11.9 Å². The van der Waals surface area contributed by atoms with Crippen molar-refractivity contribution in [2.45, 2.75) is 25.4 Å². The van der Waals surface area contributed by atoms with Crippen LogP contribution in [0.3, 0.4) is 0 Å². The molecule has 1 aliphatic heterocycles. The SMILES string of the molecule is C[C@@H]1C[C@@H](n2cc(-c3ncnc4oc(-c5ccccc5)cc34)c(-c3ccc(F)cc3)n2)CN1. The molecule has 0 saturated carbocycles. The van der Waals surface area contributed by atoms with Crippen molar-refractivity contribution in [2.75, 3.05) is 6.54 Å². The van der Waals surface area contributed by atoms with Gasteiger partial charge in [0.1, 0.15) is 23.6 Å². The molecule has 5 aromatic rings. The molecule has 2 atom stereocenters. The molecule has 1 saturated heterocycles. The molecule has 1 N–H and O–H groups in total. The summed E-state index contributed by atoms with van der Waals surface area (Å²) in [5, 5.41) is 9.24. The molecule has 1 fully saturated rings. The first kappa shape index (κ1) is 19.8. The normalized spacial score (nSPS) is 18.2. The fraction of sp³-hybridized carbons (Fsp3) is 0.192. The fourth-order valence-corrected chi connectivity index (χ4v) is 4.50. The number of nitrogens with one attached hydrogen (secondary N) is 1.